The lowest BCUT2D eigenvalue weighted by molar-refractivity contribution is 1.22. The van der Waals surface area contributed by atoms with Crippen LogP contribution in [0.4, 0.5) is 0 Å². The molecule has 0 spiro atoms. The molecular formula is C20H20N8. The molecule has 2 aromatic heterocycles. The first kappa shape index (κ1) is 17.5. The molecule has 0 amide bonds. The Kier molecular flexibility index (Phi) is 3.96. The first-order valence-corrected chi connectivity index (χ1v) is 8.70. The molecule has 8 nitrogen and oxygen atoms in total. The molecular weight excluding hydrogens is 352 g/mol. The number of fused-ring (bicyclic) bond motifs is 2. The van der Waals surface area contributed by atoms with E-state index in [0.29, 0.717) is 11.1 Å². The zero-order chi connectivity index (χ0) is 20.0. The summed E-state index contributed by atoms with van der Waals surface area (Å²) in [5.41, 5.74) is 17.6. The number of aromatic amines is 2. The fourth-order valence-corrected chi connectivity index (χ4v) is 3.06. The van der Waals surface area contributed by atoms with Gasteiger partial charge in [0, 0.05) is 11.1 Å². The van der Waals surface area contributed by atoms with Crippen LogP contribution >= 0.6 is 0 Å². The summed E-state index contributed by atoms with van der Waals surface area (Å²) in [4.78, 5) is 15.9. The Hall–Kier alpha value is -3.94. The zero-order valence-corrected chi connectivity index (χ0v) is 15.5. The van der Waals surface area contributed by atoms with Crippen molar-refractivity contribution in [3.05, 3.63) is 59.2 Å². The van der Waals surface area contributed by atoms with E-state index in [-0.39, 0.29) is 11.7 Å². The third kappa shape index (κ3) is 2.90. The highest BCUT2D eigenvalue weighted by molar-refractivity contribution is 5.99. The number of hydrogen-bond acceptors (Lipinski definition) is 4. The molecule has 0 saturated carbocycles. The number of benzene rings is 2. The molecule has 4 rings (SSSR count). The number of rotatable bonds is 4. The van der Waals surface area contributed by atoms with Crippen LogP contribution in [0.25, 0.3) is 33.2 Å². The molecule has 0 aliphatic rings. The molecule has 0 aliphatic carbocycles. The van der Waals surface area contributed by atoms with Crippen LogP contribution in [-0.4, -0.2) is 31.6 Å². The summed E-state index contributed by atoms with van der Waals surface area (Å²) in [7, 11) is 0. The molecule has 0 bridgehead atoms. The van der Waals surface area contributed by atoms with Gasteiger partial charge < -0.3 is 21.4 Å². The van der Waals surface area contributed by atoms with Crippen LogP contribution in [0.1, 0.15) is 36.6 Å². The highest BCUT2D eigenvalue weighted by Crippen LogP contribution is 2.26. The summed E-state index contributed by atoms with van der Waals surface area (Å²) in [6, 6.07) is 10.9. The van der Waals surface area contributed by atoms with E-state index >= 15 is 0 Å². The second-order valence-electron chi connectivity index (χ2n) is 6.71. The van der Waals surface area contributed by atoms with Gasteiger partial charge in [-0.2, -0.15) is 0 Å². The highest BCUT2D eigenvalue weighted by atomic mass is 14.9. The summed E-state index contributed by atoms with van der Waals surface area (Å²) in [6.45, 7) is 3.96. The Morgan fingerprint density at radius 3 is 1.50 bits per heavy atom. The number of imidazole rings is 2. The molecule has 0 atom stereocenters. The van der Waals surface area contributed by atoms with Crippen LogP contribution in [0, 0.1) is 10.8 Å². The number of amidine groups is 2. The molecule has 0 aliphatic heterocycles. The van der Waals surface area contributed by atoms with E-state index in [2.05, 4.69) is 19.9 Å². The van der Waals surface area contributed by atoms with Crippen LogP contribution < -0.4 is 11.5 Å². The molecule has 0 unspecified atom stereocenters. The van der Waals surface area contributed by atoms with Crippen molar-refractivity contribution in [3.8, 4) is 0 Å². The normalized spacial score (nSPS) is 12.4. The van der Waals surface area contributed by atoms with E-state index in [1.54, 1.807) is 12.1 Å². The van der Waals surface area contributed by atoms with Gasteiger partial charge in [-0.15, -0.1) is 0 Å². The largest absolute Gasteiger partial charge is 0.384 e. The standard InChI is InChI=1S/C20H20N8/c1-9(19-25-13-5-3-11(17(21)22)7-15(13)27-19)10(2)20-26-14-6-4-12(18(23)24)8-16(14)28-20/h3-8H,1-2H3,(H3,21,22)(H3,23,24)(H,25,27)(H,26,28)/b10-9+. The summed E-state index contributed by atoms with van der Waals surface area (Å²) in [6.07, 6.45) is 0. The third-order valence-electron chi connectivity index (χ3n) is 4.86. The van der Waals surface area contributed by atoms with Crippen molar-refractivity contribution >= 4 is 44.9 Å². The number of nitrogens with zero attached hydrogens (tertiary/aromatic N) is 2. The van der Waals surface area contributed by atoms with Crippen LogP contribution in [0.15, 0.2) is 36.4 Å². The van der Waals surface area contributed by atoms with Gasteiger partial charge in [-0.1, -0.05) is 0 Å². The molecule has 4 aromatic rings. The van der Waals surface area contributed by atoms with Gasteiger partial charge in [-0.05, 0) is 61.4 Å². The number of allylic oxidation sites excluding steroid dienone is 2. The Labute approximate surface area is 160 Å². The van der Waals surface area contributed by atoms with Crippen molar-refractivity contribution in [2.75, 3.05) is 0 Å². The SMILES string of the molecule is C/C(=C(/C)c1nc2ccc(C(=N)N)cc2[nH]1)c1nc2ccc(C(=N)N)cc2[nH]1. The van der Waals surface area contributed by atoms with Crippen molar-refractivity contribution in [1.29, 1.82) is 10.8 Å². The van der Waals surface area contributed by atoms with Crippen molar-refractivity contribution in [2.24, 2.45) is 11.5 Å². The number of aromatic nitrogens is 4. The highest BCUT2D eigenvalue weighted by Gasteiger charge is 2.13. The van der Waals surface area contributed by atoms with Gasteiger partial charge in [0.15, 0.2) is 0 Å². The van der Waals surface area contributed by atoms with Crippen LogP contribution in [0.5, 0.6) is 0 Å². The molecule has 28 heavy (non-hydrogen) atoms. The number of nitrogens with one attached hydrogen (secondary N) is 4. The Morgan fingerprint density at radius 2 is 1.14 bits per heavy atom. The maximum absolute atomic E-state index is 7.58. The van der Waals surface area contributed by atoms with E-state index in [1.807, 2.05) is 38.1 Å². The van der Waals surface area contributed by atoms with Gasteiger partial charge >= 0.3 is 0 Å². The average Bonchev–Trinajstić information content (AvgIpc) is 3.29. The third-order valence-corrected chi connectivity index (χ3v) is 4.86. The molecule has 8 N–H and O–H groups in total. The zero-order valence-electron chi connectivity index (χ0n) is 15.5. The Bertz CT molecular complexity index is 1190. The average molecular weight is 372 g/mol. The van der Waals surface area contributed by atoms with E-state index < -0.39 is 0 Å². The van der Waals surface area contributed by atoms with Gasteiger partial charge in [-0.25, -0.2) is 9.97 Å². The lowest BCUT2D eigenvalue weighted by Gasteiger charge is -2.02. The Balaban J connectivity index is 1.77. The quantitative estimate of drug-likeness (QED) is 0.240. The van der Waals surface area contributed by atoms with Gasteiger partial charge in [0.2, 0.25) is 0 Å². The second kappa shape index (κ2) is 6.34. The summed E-state index contributed by atoms with van der Waals surface area (Å²) in [5.74, 6) is 1.51. The summed E-state index contributed by atoms with van der Waals surface area (Å²) >= 11 is 0. The summed E-state index contributed by atoms with van der Waals surface area (Å²) < 4.78 is 0. The van der Waals surface area contributed by atoms with E-state index in [0.717, 1.165) is 44.9 Å². The second-order valence-corrected chi connectivity index (χ2v) is 6.71. The van der Waals surface area contributed by atoms with Crippen LogP contribution in [-0.2, 0) is 0 Å². The first-order chi connectivity index (χ1) is 13.3. The number of nitrogens with two attached hydrogens (primary N) is 2. The van der Waals surface area contributed by atoms with E-state index in [9.17, 15) is 0 Å². The maximum atomic E-state index is 7.58. The van der Waals surface area contributed by atoms with Crippen molar-refractivity contribution in [1.82, 2.24) is 19.9 Å². The van der Waals surface area contributed by atoms with Gasteiger partial charge in [-0.3, -0.25) is 10.8 Å². The monoisotopic (exact) mass is 372 g/mol. The topological polar surface area (TPSA) is 157 Å². The molecule has 2 aromatic carbocycles. The maximum Gasteiger partial charge on any atom is 0.134 e. The van der Waals surface area contributed by atoms with Crippen molar-refractivity contribution in [2.45, 2.75) is 13.8 Å². The number of H-pyrrole nitrogens is 2. The lowest BCUT2D eigenvalue weighted by Crippen LogP contribution is -2.10. The summed E-state index contributed by atoms with van der Waals surface area (Å²) in [5, 5.41) is 15.2. The van der Waals surface area contributed by atoms with Crippen molar-refractivity contribution < 1.29 is 0 Å². The molecule has 0 saturated heterocycles. The van der Waals surface area contributed by atoms with Crippen LogP contribution in [0.3, 0.4) is 0 Å². The van der Waals surface area contributed by atoms with E-state index in [4.69, 9.17) is 22.3 Å². The molecule has 140 valence electrons. The predicted octanol–water partition coefficient (Wildman–Crippen LogP) is 2.96. The van der Waals surface area contributed by atoms with Gasteiger partial charge in [0.1, 0.15) is 23.3 Å². The molecule has 0 fully saturated rings. The van der Waals surface area contributed by atoms with Gasteiger partial charge in [0.05, 0.1) is 22.1 Å². The minimum absolute atomic E-state index is 0.0219. The predicted molar refractivity (Wildman–Crippen MR) is 112 cm³/mol. The smallest absolute Gasteiger partial charge is 0.134 e. The number of nitrogen functional groups attached to an aromatic ring is 2. The molecule has 0 radical (unpaired) electrons. The van der Waals surface area contributed by atoms with Crippen molar-refractivity contribution in [3.63, 3.8) is 0 Å². The molecule has 8 heteroatoms. The fourth-order valence-electron chi connectivity index (χ4n) is 3.06. The lowest BCUT2D eigenvalue weighted by atomic mass is 10.1. The first-order valence-electron chi connectivity index (χ1n) is 8.70. The minimum Gasteiger partial charge on any atom is -0.384 e. The van der Waals surface area contributed by atoms with E-state index in [1.165, 1.54) is 0 Å². The Morgan fingerprint density at radius 1 is 0.750 bits per heavy atom. The van der Waals surface area contributed by atoms with Crippen LogP contribution in [0.2, 0.25) is 0 Å². The number of hydrogen-bond donors (Lipinski definition) is 6. The fraction of sp³-hybridized carbons (Fsp3) is 0.100. The van der Waals surface area contributed by atoms with Gasteiger partial charge in [0.25, 0.3) is 0 Å². The minimum atomic E-state index is 0.0219. The molecule has 2 heterocycles.